The van der Waals surface area contributed by atoms with E-state index in [4.69, 9.17) is 39.7 Å². The Morgan fingerprint density at radius 1 is 0.512 bits per heavy atom. The first-order chi connectivity index (χ1) is 36.4. The van der Waals surface area contributed by atoms with E-state index in [0.29, 0.717) is 73.9 Å². The van der Waals surface area contributed by atoms with Gasteiger partial charge in [0.2, 0.25) is 0 Å². The summed E-state index contributed by atoms with van der Waals surface area (Å²) in [5, 5.41) is 38.6. The van der Waals surface area contributed by atoms with E-state index < -0.39 is 56.1 Å². The molecule has 6 aliphatic heterocycles. The second-order valence-electron chi connectivity index (χ2n) is 22.9. The Kier molecular flexibility index (Phi) is 25.0. The van der Waals surface area contributed by atoms with E-state index in [1.807, 2.05) is 86.0 Å². The van der Waals surface area contributed by atoms with Gasteiger partial charge in [-0.25, -0.2) is 41.5 Å². The molecule has 23 nitrogen and oxygen atoms in total. The maximum Gasteiger partial charge on any atom is 0.414 e. The number of nitrogen functional groups attached to an aromatic ring is 1. The average Bonchev–Trinajstić information content (AvgIpc) is 3.22. The number of nitrogens with two attached hydrogens (primary N) is 1. The first-order valence-electron chi connectivity index (χ1n) is 25.1. The fourth-order valence-electron chi connectivity index (χ4n) is 8.87. The number of nitrogens with one attached hydrogen (secondary N) is 1. The molecule has 0 unspecified atom stereocenters. The van der Waals surface area contributed by atoms with Crippen molar-refractivity contribution in [2.24, 2.45) is 16.2 Å². The summed E-state index contributed by atoms with van der Waals surface area (Å²) in [4.78, 5) is 81.8. The highest BCUT2D eigenvalue weighted by Crippen LogP contribution is 2.45. The third-order valence-corrected chi connectivity index (χ3v) is 12.3. The molecule has 6 fully saturated rings. The highest BCUT2D eigenvalue weighted by Gasteiger charge is 2.56. The van der Waals surface area contributed by atoms with Gasteiger partial charge in [-0.2, -0.15) is 0 Å². The van der Waals surface area contributed by atoms with Crippen LogP contribution in [0.1, 0.15) is 98.4 Å². The molecule has 6 saturated heterocycles. The molecule has 6 heterocycles. The molecular weight excluding hydrogens is 1090 g/mol. The van der Waals surface area contributed by atoms with Crippen molar-refractivity contribution in [2.45, 2.75) is 115 Å². The van der Waals surface area contributed by atoms with Gasteiger partial charge >= 0.3 is 30.2 Å². The maximum atomic E-state index is 14.0. The van der Waals surface area contributed by atoms with E-state index in [1.54, 1.807) is 26.8 Å². The van der Waals surface area contributed by atoms with E-state index in [1.165, 1.54) is 18.2 Å². The van der Waals surface area contributed by atoms with Crippen molar-refractivity contribution in [3.8, 4) is 0 Å². The molecule has 9 rings (SSSR count). The minimum Gasteiger partial charge on any atom is -0.473 e. The van der Waals surface area contributed by atoms with Crippen LogP contribution in [0.2, 0.25) is 0 Å². The van der Waals surface area contributed by atoms with Gasteiger partial charge in [0.15, 0.2) is 17.5 Å². The summed E-state index contributed by atoms with van der Waals surface area (Å²) in [6.45, 7) is 29.8. The Morgan fingerprint density at radius 2 is 0.817 bits per heavy atom. The van der Waals surface area contributed by atoms with Crippen LogP contribution in [0.3, 0.4) is 0 Å². The highest BCUT2D eigenvalue weighted by atomic mass is 19.2. The van der Waals surface area contributed by atoms with Crippen molar-refractivity contribution < 1.29 is 75.8 Å². The second kappa shape index (κ2) is 28.3. The van der Waals surface area contributed by atoms with Gasteiger partial charge in [0.1, 0.15) is 22.6 Å². The number of carboxylic acids is 2. The number of nitrogens with zero attached hydrogens (tertiary/aromatic N) is 7. The molecule has 3 aromatic rings. The molecule has 460 valence electrons. The molecule has 5 N–H and O–H groups in total. The third-order valence-electron chi connectivity index (χ3n) is 12.3. The molecule has 27 heteroatoms. The number of carbonyl (C=O) groups is 5. The first kappa shape index (κ1) is 72.3. The largest absolute Gasteiger partial charge is 0.473 e. The lowest BCUT2D eigenvalue weighted by molar-refractivity contribution is -0.385. The van der Waals surface area contributed by atoms with Crippen molar-refractivity contribution in [1.29, 1.82) is 0 Å². The Balaban J connectivity index is 0.000000534. The van der Waals surface area contributed by atoms with E-state index in [0.717, 1.165) is 51.4 Å². The fraction of sp³-hybridized carbons (Fsp3) is 0.582. The van der Waals surface area contributed by atoms with Crippen molar-refractivity contribution in [2.75, 3.05) is 94.1 Å². The summed E-state index contributed by atoms with van der Waals surface area (Å²) in [5.41, 5.74) is 5.30. The summed E-state index contributed by atoms with van der Waals surface area (Å²) < 4.78 is 68.3. The lowest BCUT2D eigenvalue weighted by Gasteiger charge is -2.60. The van der Waals surface area contributed by atoms with Gasteiger partial charge in [-0.1, -0.05) is 36.1 Å². The molecule has 3 amide bonds. The SMILES string of the molecule is C.C.C.CC.CC(C)(C)OC(=O)N1CC2(C1)CN(c1ccc(N)cc1F)C2.CC(C)(C)OC(=O)N1CC2(C1)CN(c1ccc([N+](=O)[O-])cc1F)C2.CC(C)(C)OC(=O)N1CC2(CNC2)C1.O=C(O)C(=O)O.O=[N+]([O-])c1ccc(F)c(F)c1. The number of rotatable bonds is 4. The predicted octanol–water partition coefficient (Wildman–Crippen LogP) is 10.0. The van der Waals surface area contributed by atoms with Crippen LogP contribution in [-0.4, -0.2) is 160 Å². The van der Waals surface area contributed by atoms with Crippen LogP contribution in [0.15, 0.2) is 54.6 Å². The summed E-state index contributed by atoms with van der Waals surface area (Å²) >= 11 is 0. The number of hydrogen-bond donors (Lipinski definition) is 4. The van der Waals surface area contributed by atoms with Crippen molar-refractivity contribution in [3.05, 3.63) is 98.1 Å². The van der Waals surface area contributed by atoms with Crippen LogP contribution < -0.4 is 20.9 Å². The molecule has 0 bridgehead atoms. The standard InChI is InChI=1S/C16H20FN3O4.C16H22FN3O2.C10H18N2O2.C6H3F2NO2.C2H2O4.C2H6.3CH4/c1-15(2,3)24-14(21)19-9-16(10-19)7-18(8-16)13-5-4-11(20(22)23)6-12(13)17;1-15(2,3)22-14(21)20-9-16(10-20)7-19(8-16)13-5-4-11(18)6-12(13)17;1-9(2,3)14-8(13)12-6-10(7-12)4-11-5-10;7-5-2-1-4(9(10)11)3-6(5)8;3-1(4)2(5)6;1-2;;;/h4-6H,7-10H2,1-3H3;4-6H,7-10,18H2,1-3H3;11H,4-7H2,1-3H3;1-3H;(H,3,4)(H,5,6);1-2H3;3*1H4. The molecular formula is C55H83F4N9O14. The molecule has 0 aliphatic carbocycles. The normalized spacial score (nSPS) is 16.8. The summed E-state index contributed by atoms with van der Waals surface area (Å²) in [6, 6.07) is 10.6. The highest BCUT2D eigenvalue weighted by molar-refractivity contribution is 6.27. The van der Waals surface area contributed by atoms with Crippen LogP contribution >= 0.6 is 0 Å². The number of hydrogen-bond acceptors (Lipinski definition) is 16. The molecule has 3 aromatic carbocycles. The molecule has 6 aliphatic rings. The zero-order chi connectivity index (χ0) is 59.8. The number of benzene rings is 3. The smallest absolute Gasteiger partial charge is 0.414 e. The molecule has 0 saturated carbocycles. The zero-order valence-corrected chi connectivity index (χ0v) is 46.2. The topological polar surface area (TPSA) is 294 Å². The summed E-state index contributed by atoms with van der Waals surface area (Å²) in [5.74, 6) is -6.83. The van der Waals surface area contributed by atoms with Crippen molar-refractivity contribution in [3.63, 3.8) is 0 Å². The van der Waals surface area contributed by atoms with Gasteiger partial charge in [0, 0.05) is 113 Å². The Labute approximate surface area is 476 Å². The van der Waals surface area contributed by atoms with Gasteiger partial charge in [-0.3, -0.25) is 20.2 Å². The number of ether oxygens (including phenoxy) is 3. The summed E-state index contributed by atoms with van der Waals surface area (Å²) in [6.07, 6.45) is -0.765. The summed E-state index contributed by atoms with van der Waals surface area (Å²) in [7, 11) is 0. The third kappa shape index (κ3) is 19.8. The zero-order valence-electron chi connectivity index (χ0n) is 46.2. The minimum atomic E-state index is -1.82. The van der Waals surface area contributed by atoms with Gasteiger partial charge in [0.05, 0.1) is 33.4 Å². The van der Waals surface area contributed by atoms with Crippen LogP contribution in [0.5, 0.6) is 0 Å². The number of halogens is 4. The Morgan fingerprint density at radius 3 is 1.09 bits per heavy atom. The molecule has 0 atom stereocenters. The number of anilines is 3. The van der Waals surface area contributed by atoms with Crippen LogP contribution in [0, 0.1) is 59.7 Å². The number of amides is 3. The van der Waals surface area contributed by atoms with Crippen molar-refractivity contribution in [1.82, 2.24) is 20.0 Å². The van der Waals surface area contributed by atoms with E-state index >= 15 is 0 Å². The lowest BCUT2D eigenvalue weighted by atomic mass is 9.73. The lowest BCUT2D eigenvalue weighted by Crippen LogP contribution is -2.73. The second-order valence-corrected chi connectivity index (χ2v) is 22.9. The number of carbonyl (C=O) groups excluding carboxylic acids is 3. The fourth-order valence-corrected chi connectivity index (χ4v) is 8.87. The molecule has 82 heavy (non-hydrogen) atoms. The van der Waals surface area contributed by atoms with E-state index in [9.17, 15) is 52.2 Å². The number of aliphatic carboxylic acids is 2. The van der Waals surface area contributed by atoms with E-state index in [2.05, 4.69) is 5.32 Å². The molecule has 3 spiro atoms. The Bertz CT molecular complexity index is 2700. The van der Waals surface area contributed by atoms with Crippen LogP contribution in [0.4, 0.5) is 60.4 Å². The molecule has 0 radical (unpaired) electrons. The first-order valence-corrected chi connectivity index (χ1v) is 25.1. The number of nitro groups is 2. The minimum absolute atomic E-state index is 0. The van der Waals surface area contributed by atoms with E-state index in [-0.39, 0.29) is 68.5 Å². The van der Waals surface area contributed by atoms with Gasteiger partial charge < -0.3 is 60.0 Å². The van der Waals surface area contributed by atoms with Crippen LogP contribution in [0.25, 0.3) is 0 Å². The predicted molar refractivity (Wildman–Crippen MR) is 302 cm³/mol. The van der Waals surface area contributed by atoms with Crippen LogP contribution in [-0.2, 0) is 23.8 Å². The Hall–Kier alpha value is -7.71. The quantitative estimate of drug-likeness (QED) is 0.0471. The number of carboxylic acid groups (broad SMARTS) is 2. The molecule has 0 aromatic heterocycles. The number of non-ortho nitro benzene ring substituents is 2. The number of likely N-dealkylation sites (tertiary alicyclic amines) is 3. The average molecular weight is 1170 g/mol. The van der Waals surface area contributed by atoms with Gasteiger partial charge in [-0.15, -0.1) is 0 Å². The maximum absolute atomic E-state index is 14.0. The van der Waals surface area contributed by atoms with Crippen molar-refractivity contribution >= 4 is 58.7 Å². The monoisotopic (exact) mass is 1170 g/mol. The number of nitro benzene ring substituents is 2. The van der Waals surface area contributed by atoms with Gasteiger partial charge in [0.25, 0.3) is 11.4 Å². The van der Waals surface area contributed by atoms with Gasteiger partial charge in [-0.05, 0) is 92.6 Å².